The van der Waals surface area contributed by atoms with Gasteiger partial charge in [0.15, 0.2) is 6.10 Å². The molecule has 0 rings (SSSR count). The van der Waals surface area contributed by atoms with E-state index in [1.165, 1.54) is 0 Å². The van der Waals surface area contributed by atoms with Gasteiger partial charge in [-0.3, -0.25) is 14.4 Å². The normalized spacial score (nSPS) is 13.8. The van der Waals surface area contributed by atoms with Crippen LogP contribution >= 0.6 is 0 Å². The van der Waals surface area contributed by atoms with Gasteiger partial charge in [0, 0.05) is 19.3 Å². The van der Waals surface area contributed by atoms with E-state index in [-0.39, 0.29) is 44.0 Å². The van der Waals surface area contributed by atoms with Gasteiger partial charge >= 0.3 is 17.9 Å². The first-order chi connectivity index (χ1) is 34.0. The van der Waals surface area contributed by atoms with Gasteiger partial charge in [-0.05, 0) is 77.0 Å². The molecule has 0 N–H and O–H groups in total. The van der Waals surface area contributed by atoms with Crippen molar-refractivity contribution in [2.75, 3.05) is 13.2 Å². The number of carbonyl (C=O) groups excluding carboxylic acids is 3. The Labute approximate surface area is 419 Å². The van der Waals surface area contributed by atoms with Gasteiger partial charge in [0.1, 0.15) is 13.2 Å². The van der Waals surface area contributed by atoms with Crippen LogP contribution < -0.4 is 0 Å². The number of ether oxygens (including phenoxy) is 3. The van der Waals surface area contributed by atoms with Gasteiger partial charge in [-0.2, -0.15) is 0 Å². The highest BCUT2D eigenvalue weighted by molar-refractivity contribution is 5.71. The van der Waals surface area contributed by atoms with Crippen LogP contribution in [0.2, 0.25) is 0 Å². The maximum Gasteiger partial charge on any atom is 0.306 e. The summed E-state index contributed by atoms with van der Waals surface area (Å²) in [6.45, 7) is 6.07. The molecule has 6 nitrogen and oxygen atoms in total. The predicted octanol–water partition coefficient (Wildman–Crippen LogP) is 17.3. The van der Waals surface area contributed by atoms with Gasteiger partial charge in [0.25, 0.3) is 0 Å². The van der Waals surface area contributed by atoms with Crippen LogP contribution in [-0.4, -0.2) is 37.2 Å². The van der Waals surface area contributed by atoms with Crippen molar-refractivity contribution in [1.82, 2.24) is 0 Å². The Morgan fingerprint density at radius 3 is 0.826 bits per heavy atom. The highest BCUT2D eigenvalue weighted by Gasteiger charge is 2.19. The van der Waals surface area contributed by atoms with E-state index >= 15 is 0 Å². The minimum Gasteiger partial charge on any atom is -0.462 e. The Morgan fingerprint density at radius 2 is 0.522 bits per heavy atom. The van der Waals surface area contributed by atoms with Gasteiger partial charge in [-0.25, -0.2) is 0 Å². The van der Waals surface area contributed by atoms with Gasteiger partial charge in [0.05, 0.1) is 0 Å². The van der Waals surface area contributed by atoms with E-state index < -0.39 is 6.10 Å². The summed E-state index contributed by atoms with van der Waals surface area (Å²) in [4.78, 5) is 38.0. The van der Waals surface area contributed by atoms with Crippen LogP contribution in [0.25, 0.3) is 0 Å². The third-order valence-corrected chi connectivity index (χ3v) is 9.71. The molecule has 0 heterocycles. The second-order valence-electron chi connectivity index (χ2n) is 16.0. The molecule has 0 saturated heterocycles. The number of carbonyl (C=O) groups is 3. The van der Waals surface area contributed by atoms with Crippen molar-refractivity contribution in [2.45, 2.75) is 155 Å². The van der Waals surface area contributed by atoms with E-state index in [0.717, 1.165) is 96.3 Å². The molecule has 376 valence electrons. The Bertz CT molecular complexity index is 1790. The zero-order valence-electron chi connectivity index (χ0n) is 42.7. The molecule has 0 aromatic carbocycles. The molecule has 0 bridgehead atoms. The molecular weight excluding hydrogens is 853 g/mol. The first kappa shape index (κ1) is 63.0. The van der Waals surface area contributed by atoms with Crippen molar-refractivity contribution in [3.05, 3.63) is 207 Å². The van der Waals surface area contributed by atoms with E-state index in [0.29, 0.717) is 19.3 Å². The number of hydrogen-bond acceptors (Lipinski definition) is 6. The molecule has 1 unspecified atom stereocenters. The van der Waals surface area contributed by atoms with Crippen LogP contribution in [0.15, 0.2) is 207 Å². The lowest BCUT2D eigenvalue weighted by Crippen LogP contribution is -2.30. The van der Waals surface area contributed by atoms with Crippen molar-refractivity contribution in [3.63, 3.8) is 0 Å². The molecule has 69 heavy (non-hydrogen) atoms. The van der Waals surface area contributed by atoms with E-state index in [1.807, 2.05) is 152 Å². The summed E-state index contributed by atoms with van der Waals surface area (Å²) in [5, 5.41) is 0. The van der Waals surface area contributed by atoms with Crippen molar-refractivity contribution >= 4 is 17.9 Å². The maximum atomic E-state index is 12.8. The van der Waals surface area contributed by atoms with Crippen molar-refractivity contribution in [1.29, 1.82) is 0 Å². The van der Waals surface area contributed by atoms with Crippen LogP contribution in [-0.2, 0) is 28.6 Å². The standard InChI is InChI=1S/C63H88O6/c1-4-7-10-13-16-19-22-25-27-29-31-33-35-38-41-44-47-50-53-56-62(65)68-59-60(58-67-61(64)55-52-49-46-43-40-37-24-21-18-15-12-9-6-3)69-63(66)57-54-51-48-45-42-39-36-34-32-30-28-26-23-20-17-14-11-8-5-2/h7-36,38-39,41-42,60H,4-6,37,40,43-59H2,1-3H3/b10-7-,11-8-,12-9-,16-13-,17-14-,18-15-,22-19-,23-20-,24-21-,27-25-,28-26-,31-29+,32-30+,35-33-,36-34-,41-38-,42-39-. The van der Waals surface area contributed by atoms with Crippen LogP contribution in [0.1, 0.15) is 149 Å². The first-order valence-corrected chi connectivity index (χ1v) is 25.8. The molecule has 6 heteroatoms. The molecule has 0 aliphatic rings. The third-order valence-electron chi connectivity index (χ3n) is 9.71. The quantitative estimate of drug-likeness (QED) is 0.0263. The Balaban J connectivity index is 4.69. The SMILES string of the molecule is CC\C=C/C=C\C=C/C=C\C=C\C=C/C=C\CCCCCC(=O)OCC(COC(=O)CCCCCCC\C=C/C=C\C=C/CC)OC(=O)CCCCC\C=C/C=C\C=C\C=C/C=C\C=C/C=C\CC. The van der Waals surface area contributed by atoms with Gasteiger partial charge < -0.3 is 14.2 Å². The summed E-state index contributed by atoms with van der Waals surface area (Å²) in [7, 11) is 0. The van der Waals surface area contributed by atoms with Crippen LogP contribution in [0.3, 0.4) is 0 Å². The molecule has 0 spiro atoms. The van der Waals surface area contributed by atoms with E-state index in [9.17, 15) is 14.4 Å². The monoisotopic (exact) mass is 941 g/mol. The molecule has 0 fully saturated rings. The molecule has 0 radical (unpaired) electrons. The first-order valence-electron chi connectivity index (χ1n) is 25.8. The zero-order chi connectivity index (χ0) is 50.0. The maximum absolute atomic E-state index is 12.8. The molecule has 0 aliphatic carbocycles. The smallest absolute Gasteiger partial charge is 0.306 e. The van der Waals surface area contributed by atoms with Crippen molar-refractivity contribution < 1.29 is 28.6 Å². The predicted molar refractivity (Wildman–Crippen MR) is 297 cm³/mol. The number of unbranched alkanes of at least 4 members (excludes halogenated alkanes) is 11. The van der Waals surface area contributed by atoms with Crippen molar-refractivity contribution in [3.8, 4) is 0 Å². The lowest BCUT2D eigenvalue weighted by atomic mass is 10.1. The summed E-state index contributed by atoms with van der Waals surface area (Å²) in [5.74, 6) is -1.07. The number of allylic oxidation sites excluding steroid dienone is 34. The van der Waals surface area contributed by atoms with Gasteiger partial charge in [-0.15, -0.1) is 0 Å². The number of hydrogen-bond donors (Lipinski definition) is 0. The third kappa shape index (κ3) is 52.8. The molecular formula is C63H88O6. The highest BCUT2D eigenvalue weighted by atomic mass is 16.6. The Hall–Kier alpha value is -6.01. The summed E-state index contributed by atoms with van der Waals surface area (Å²) in [5.41, 5.74) is 0. The topological polar surface area (TPSA) is 78.9 Å². The van der Waals surface area contributed by atoms with E-state index in [1.54, 1.807) is 0 Å². The average molecular weight is 941 g/mol. The van der Waals surface area contributed by atoms with E-state index in [4.69, 9.17) is 14.2 Å². The lowest BCUT2D eigenvalue weighted by Gasteiger charge is -2.18. The minimum atomic E-state index is -0.844. The molecule has 1 atom stereocenters. The lowest BCUT2D eigenvalue weighted by molar-refractivity contribution is -0.167. The van der Waals surface area contributed by atoms with E-state index in [2.05, 4.69) is 75.5 Å². The van der Waals surface area contributed by atoms with Crippen LogP contribution in [0.4, 0.5) is 0 Å². The number of rotatable bonds is 42. The molecule has 0 aromatic heterocycles. The summed E-state index contributed by atoms with van der Waals surface area (Å²) >= 11 is 0. The second kappa shape index (κ2) is 54.6. The van der Waals surface area contributed by atoms with Crippen LogP contribution in [0, 0.1) is 0 Å². The molecule has 0 aliphatic heterocycles. The minimum absolute atomic E-state index is 0.137. The number of esters is 3. The fourth-order valence-electron chi connectivity index (χ4n) is 5.94. The van der Waals surface area contributed by atoms with Crippen molar-refractivity contribution in [2.24, 2.45) is 0 Å². The Morgan fingerprint density at radius 1 is 0.290 bits per heavy atom. The van der Waals surface area contributed by atoms with Crippen LogP contribution in [0.5, 0.6) is 0 Å². The molecule has 0 saturated carbocycles. The molecule has 0 aromatic rings. The van der Waals surface area contributed by atoms with Gasteiger partial charge in [0.2, 0.25) is 0 Å². The summed E-state index contributed by atoms with van der Waals surface area (Å²) < 4.78 is 16.7. The fourth-order valence-corrected chi connectivity index (χ4v) is 5.94. The summed E-state index contributed by atoms with van der Waals surface area (Å²) in [6.07, 6.45) is 85.1. The van der Waals surface area contributed by atoms with Gasteiger partial charge in [-0.1, -0.05) is 259 Å². The summed E-state index contributed by atoms with van der Waals surface area (Å²) in [6, 6.07) is 0. The largest absolute Gasteiger partial charge is 0.462 e. The highest BCUT2D eigenvalue weighted by Crippen LogP contribution is 2.11. The Kier molecular flexibility index (Phi) is 49.8. The molecule has 0 amide bonds. The average Bonchev–Trinajstić information content (AvgIpc) is 3.35. The fraction of sp³-hybridized carbons (Fsp3) is 0.413. The second-order valence-corrected chi connectivity index (χ2v) is 16.0. The zero-order valence-corrected chi connectivity index (χ0v) is 42.7.